The number of ether oxygens (including phenoxy) is 1. The molecule has 106 valence electrons. The SMILES string of the molecule is COc1ccc(C(O)C(N)Cc2ccccc2)cc1F. The van der Waals surface area contributed by atoms with Gasteiger partial charge in [0, 0.05) is 6.04 Å². The second kappa shape index (κ2) is 6.50. The summed E-state index contributed by atoms with van der Waals surface area (Å²) in [6.45, 7) is 0. The zero-order chi connectivity index (χ0) is 14.5. The Kier molecular flexibility index (Phi) is 4.71. The molecule has 0 bridgehead atoms. The van der Waals surface area contributed by atoms with Crippen molar-refractivity contribution in [2.75, 3.05) is 7.11 Å². The van der Waals surface area contributed by atoms with Crippen LogP contribution in [-0.4, -0.2) is 18.3 Å². The highest BCUT2D eigenvalue weighted by atomic mass is 19.1. The van der Waals surface area contributed by atoms with E-state index in [9.17, 15) is 9.50 Å². The number of rotatable bonds is 5. The summed E-state index contributed by atoms with van der Waals surface area (Å²) in [6.07, 6.45) is -0.397. The van der Waals surface area contributed by atoms with E-state index in [0.29, 0.717) is 12.0 Å². The van der Waals surface area contributed by atoms with Crippen LogP contribution in [0.4, 0.5) is 4.39 Å². The highest BCUT2D eigenvalue weighted by Crippen LogP contribution is 2.24. The van der Waals surface area contributed by atoms with Gasteiger partial charge in [-0.25, -0.2) is 4.39 Å². The van der Waals surface area contributed by atoms with E-state index in [1.165, 1.54) is 19.2 Å². The smallest absolute Gasteiger partial charge is 0.165 e. The van der Waals surface area contributed by atoms with Crippen LogP contribution in [0.5, 0.6) is 5.75 Å². The van der Waals surface area contributed by atoms with Crippen molar-refractivity contribution in [3.8, 4) is 5.75 Å². The molecule has 0 fully saturated rings. The topological polar surface area (TPSA) is 55.5 Å². The van der Waals surface area contributed by atoms with Crippen LogP contribution in [0.2, 0.25) is 0 Å². The lowest BCUT2D eigenvalue weighted by molar-refractivity contribution is 0.145. The molecule has 2 atom stereocenters. The summed E-state index contributed by atoms with van der Waals surface area (Å²) in [7, 11) is 1.40. The van der Waals surface area contributed by atoms with Gasteiger partial charge in [-0.15, -0.1) is 0 Å². The summed E-state index contributed by atoms with van der Waals surface area (Å²) in [5.41, 5.74) is 7.48. The van der Waals surface area contributed by atoms with E-state index in [1.807, 2.05) is 30.3 Å². The predicted octanol–water partition coefficient (Wildman–Crippen LogP) is 2.44. The van der Waals surface area contributed by atoms with Gasteiger partial charge in [0.15, 0.2) is 11.6 Å². The molecule has 2 aromatic rings. The Morgan fingerprint density at radius 2 is 1.90 bits per heavy atom. The van der Waals surface area contributed by atoms with Crippen LogP contribution in [0.3, 0.4) is 0 Å². The summed E-state index contributed by atoms with van der Waals surface area (Å²) >= 11 is 0. The van der Waals surface area contributed by atoms with Gasteiger partial charge in [-0.2, -0.15) is 0 Å². The fraction of sp³-hybridized carbons (Fsp3) is 0.250. The lowest BCUT2D eigenvalue weighted by Crippen LogP contribution is -2.30. The number of aliphatic hydroxyl groups is 1. The number of benzene rings is 2. The summed E-state index contributed by atoms with van der Waals surface area (Å²) in [4.78, 5) is 0. The number of hydrogen-bond donors (Lipinski definition) is 2. The van der Waals surface area contributed by atoms with Gasteiger partial charge in [0.25, 0.3) is 0 Å². The number of methoxy groups -OCH3 is 1. The van der Waals surface area contributed by atoms with Crippen LogP contribution in [0.1, 0.15) is 17.2 Å². The van der Waals surface area contributed by atoms with Crippen LogP contribution in [0, 0.1) is 5.82 Å². The van der Waals surface area contributed by atoms with Gasteiger partial charge in [-0.3, -0.25) is 0 Å². The summed E-state index contributed by atoms with van der Waals surface area (Å²) in [6, 6.07) is 13.5. The molecule has 0 aliphatic carbocycles. The van der Waals surface area contributed by atoms with Crippen LogP contribution in [0.25, 0.3) is 0 Å². The molecule has 0 amide bonds. The van der Waals surface area contributed by atoms with Gasteiger partial charge in [0.1, 0.15) is 0 Å². The van der Waals surface area contributed by atoms with Gasteiger partial charge < -0.3 is 15.6 Å². The molecule has 3 nitrogen and oxygen atoms in total. The van der Waals surface area contributed by atoms with E-state index in [2.05, 4.69) is 0 Å². The first-order valence-corrected chi connectivity index (χ1v) is 6.43. The highest BCUT2D eigenvalue weighted by Gasteiger charge is 2.18. The second-order valence-corrected chi connectivity index (χ2v) is 4.69. The maximum atomic E-state index is 13.6. The fourth-order valence-corrected chi connectivity index (χ4v) is 2.11. The monoisotopic (exact) mass is 275 g/mol. The summed E-state index contributed by atoms with van der Waals surface area (Å²) in [5.74, 6) is -0.353. The van der Waals surface area contributed by atoms with Crippen molar-refractivity contribution >= 4 is 0 Å². The zero-order valence-electron chi connectivity index (χ0n) is 11.3. The van der Waals surface area contributed by atoms with Crippen molar-refractivity contribution in [2.24, 2.45) is 5.73 Å². The first-order chi connectivity index (χ1) is 9.61. The third-order valence-corrected chi connectivity index (χ3v) is 3.24. The van der Waals surface area contributed by atoms with Crippen molar-refractivity contribution in [1.82, 2.24) is 0 Å². The molecule has 3 N–H and O–H groups in total. The Morgan fingerprint density at radius 3 is 2.50 bits per heavy atom. The Bertz CT molecular complexity index is 560. The normalized spacial score (nSPS) is 13.8. The van der Waals surface area contributed by atoms with Crippen molar-refractivity contribution < 1.29 is 14.2 Å². The van der Waals surface area contributed by atoms with Crippen LogP contribution < -0.4 is 10.5 Å². The van der Waals surface area contributed by atoms with Crippen LogP contribution >= 0.6 is 0 Å². The molecule has 20 heavy (non-hydrogen) atoms. The fourth-order valence-electron chi connectivity index (χ4n) is 2.11. The van der Waals surface area contributed by atoms with Crippen molar-refractivity contribution in [3.05, 3.63) is 65.5 Å². The average molecular weight is 275 g/mol. The van der Waals surface area contributed by atoms with E-state index in [-0.39, 0.29) is 5.75 Å². The van der Waals surface area contributed by atoms with Gasteiger partial charge in [-0.1, -0.05) is 36.4 Å². The minimum atomic E-state index is -0.921. The molecule has 0 saturated heterocycles. The van der Waals surface area contributed by atoms with Gasteiger partial charge in [0.2, 0.25) is 0 Å². The molecule has 4 heteroatoms. The summed E-state index contributed by atoms with van der Waals surface area (Å²) in [5, 5.41) is 10.2. The number of hydrogen-bond acceptors (Lipinski definition) is 3. The minimum absolute atomic E-state index is 0.151. The molecule has 0 aromatic heterocycles. The van der Waals surface area contributed by atoms with Crippen LogP contribution in [0.15, 0.2) is 48.5 Å². The van der Waals surface area contributed by atoms with E-state index in [1.54, 1.807) is 6.07 Å². The molecule has 0 aliphatic heterocycles. The molecule has 0 spiro atoms. The predicted molar refractivity (Wildman–Crippen MR) is 76.0 cm³/mol. The van der Waals surface area contributed by atoms with E-state index >= 15 is 0 Å². The lowest BCUT2D eigenvalue weighted by Gasteiger charge is -2.19. The molecule has 2 unspecified atom stereocenters. The Hall–Kier alpha value is -1.91. The standard InChI is InChI=1S/C16H18FNO2/c1-20-15-8-7-12(10-13(15)17)16(19)14(18)9-11-5-3-2-4-6-11/h2-8,10,14,16,19H,9,18H2,1H3. The maximum Gasteiger partial charge on any atom is 0.165 e. The first-order valence-electron chi connectivity index (χ1n) is 6.43. The zero-order valence-corrected chi connectivity index (χ0v) is 11.3. The van der Waals surface area contributed by atoms with Crippen molar-refractivity contribution in [3.63, 3.8) is 0 Å². The van der Waals surface area contributed by atoms with Crippen molar-refractivity contribution in [1.29, 1.82) is 0 Å². The Morgan fingerprint density at radius 1 is 1.20 bits per heavy atom. The second-order valence-electron chi connectivity index (χ2n) is 4.69. The molecule has 0 radical (unpaired) electrons. The molecule has 2 aromatic carbocycles. The number of nitrogens with two attached hydrogens (primary N) is 1. The highest BCUT2D eigenvalue weighted by molar-refractivity contribution is 5.31. The molecule has 0 saturated carbocycles. The van der Waals surface area contributed by atoms with Gasteiger partial charge in [0.05, 0.1) is 13.2 Å². The van der Waals surface area contributed by atoms with E-state index < -0.39 is 18.0 Å². The Labute approximate surface area is 117 Å². The molecular formula is C16H18FNO2. The van der Waals surface area contributed by atoms with E-state index in [0.717, 1.165) is 5.56 Å². The van der Waals surface area contributed by atoms with E-state index in [4.69, 9.17) is 10.5 Å². The lowest BCUT2D eigenvalue weighted by atomic mass is 9.97. The van der Waals surface area contributed by atoms with Gasteiger partial charge in [-0.05, 0) is 29.7 Å². The Balaban J connectivity index is 2.10. The molecule has 0 heterocycles. The van der Waals surface area contributed by atoms with Gasteiger partial charge >= 0.3 is 0 Å². The van der Waals surface area contributed by atoms with Crippen LogP contribution in [-0.2, 0) is 6.42 Å². The first kappa shape index (κ1) is 14.5. The molecule has 2 rings (SSSR count). The quantitative estimate of drug-likeness (QED) is 0.881. The number of aliphatic hydroxyl groups excluding tert-OH is 1. The molecule has 0 aliphatic rings. The molecular weight excluding hydrogens is 257 g/mol. The average Bonchev–Trinajstić information content (AvgIpc) is 2.47. The largest absolute Gasteiger partial charge is 0.494 e. The third kappa shape index (κ3) is 3.35. The summed E-state index contributed by atoms with van der Waals surface area (Å²) < 4.78 is 18.5. The van der Waals surface area contributed by atoms with Crippen molar-refractivity contribution in [2.45, 2.75) is 18.6 Å². The number of halogens is 1. The minimum Gasteiger partial charge on any atom is -0.494 e. The third-order valence-electron chi connectivity index (χ3n) is 3.24. The maximum absolute atomic E-state index is 13.6.